The van der Waals surface area contributed by atoms with E-state index in [9.17, 15) is 9.59 Å². The Morgan fingerprint density at radius 3 is 2.47 bits per heavy atom. The normalized spacial score (nSPS) is 10.3. The van der Waals surface area contributed by atoms with Crippen LogP contribution in [0.5, 0.6) is 0 Å². The molecule has 7 nitrogen and oxygen atoms in total. The predicted octanol–water partition coefficient (Wildman–Crippen LogP) is 4.59. The first-order valence-corrected chi connectivity index (χ1v) is 11.9. The number of esters is 1. The summed E-state index contributed by atoms with van der Waals surface area (Å²) in [7, 11) is 0. The number of nitrogens with zero attached hydrogens (tertiary/aromatic N) is 1. The number of amides is 1. The number of amidine groups is 1. The highest BCUT2D eigenvalue weighted by Gasteiger charge is 2.22. The van der Waals surface area contributed by atoms with Crippen LogP contribution in [0.15, 0.2) is 40.9 Å². The van der Waals surface area contributed by atoms with Crippen molar-refractivity contribution < 1.29 is 14.3 Å². The molecule has 8 heteroatoms. The fourth-order valence-electron chi connectivity index (χ4n) is 3.34. The molecule has 0 spiro atoms. The fraction of sp³-hybridized carbons (Fsp3) is 0.346. The average molecular weight is 527 g/mol. The van der Waals surface area contributed by atoms with Crippen molar-refractivity contribution in [3.8, 4) is 11.8 Å². The van der Waals surface area contributed by atoms with Crippen molar-refractivity contribution in [2.45, 2.75) is 46.6 Å². The van der Waals surface area contributed by atoms with Crippen LogP contribution in [0, 0.1) is 24.2 Å². The maximum Gasteiger partial charge on any atom is 0.306 e. The number of carbonyl (C=O) groups excluding carboxylic acids is 2. The van der Waals surface area contributed by atoms with Crippen LogP contribution in [-0.2, 0) is 14.3 Å². The first-order valence-electron chi connectivity index (χ1n) is 11.1. The van der Waals surface area contributed by atoms with Gasteiger partial charge in [0.2, 0.25) is 5.91 Å². The molecule has 0 radical (unpaired) electrons. The minimum absolute atomic E-state index is 0.0340. The van der Waals surface area contributed by atoms with Gasteiger partial charge in [0.15, 0.2) is 0 Å². The lowest BCUT2D eigenvalue weighted by atomic mass is 10.1. The van der Waals surface area contributed by atoms with Crippen LogP contribution in [0.4, 0.5) is 11.4 Å². The highest BCUT2D eigenvalue weighted by atomic mass is 79.9. The third kappa shape index (κ3) is 7.63. The largest absolute Gasteiger partial charge is 0.466 e. The standard InChI is InChI=1S/C26H31BrN4O3/c1-5-34-25(33)13-12-24(32)31(17(2)3)23-16-22(27)20(15-18(23)4)7-6-14-30-21-10-8-19(9-11-21)26(28)29/h8-11,15-17,30H,5,12-14H2,1-4H3,(H3,28,29). The lowest BCUT2D eigenvalue weighted by Gasteiger charge is -2.29. The second-order valence-corrected chi connectivity index (χ2v) is 8.78. The number of benzene rings is 2. The van der Waals surface area contributed by atoms with Gasteiger partial charge >= 0.3 is 5.97 Å². The summed E-state index contributed by atoms with van der Waals surface area (Å²) in [6.07, 6.45) is 0.152. The minimum atomic E-state index is -0.369. The zero-order chi connectivity index (χ0) is 25.3. The number of anilines is 2. The van der Waals surface area contributed by atoms with Gasteiger partial charge in [-0.1, -0.05) is 11.8 Å². The molecular formula is C26H31BrN4O3. The van der Waals surface area contributed by atoms with Crippen LogP contribution < -0.4 is 16.0 Å². The highest BCUT2D eigenvalue weighted by Crippen LogP contribution is 2.30. The molecule has 0 heterocycles. The monoisotopic (exact) mass is 526 g/mol. The molecule has 34 heavy (non-hydrogen) atoms. The summed E-state index contributed by atoms with van der Waals surface area (Å²) < 4.78 is 5.72. The third-order valence-electron chi connectivity index (χ3n) is 4.98. The SMILES string of the molecule is CCOC(=O)CCC(=O)N(c1cc(Br)c(C#CCNc2ccc(C(=N)N)cc2)cc1C)C(C)C. The summed E-state index contributed by atoms with van der Waals surface area (Å²) in [4.78, 5) is 26.3. The lowest BCUT2D eigenvalue weighted by molar-refractivity contribution is -0.144. The molecule has 0 atom stereocenters. The molecular weight excluding hydrogens is 496 g/mol. The second-order valence-electron chi connectivity index (χ2n) is 7.93. The Kier molecular flexibility index (Phi) is 10.1. The molecule has 0 saturated heterocycles. The Hall–Kier alpha value is -3.31. The van der Waals surface area contributed by atoms with Gasteiger partial charge in [0.25, 0.3) is 0 Å². The van der Waals surface area contributed by atoms with Gasteiger partial charge in [0.1, 0.15) is 5.84 Å². The highest BCUT2D eigenvalue weighted by molar-refractivity contribution is 9.10. The van der Waals surface area contributed by atoms with Crippen molar-refractivity contribution in [1.29, 1.82) is 5.41 Å². The molecule has 2 rings (SSSR count). The van der Waals surface area contributed by atoms with Crippen molar-refractivity contribution in [2.75, 3.05) is 23.4 Å². The molecule has 2 aromatic carbocycles. The molecule has 180 valence electrons. The van der Waals surface area contributed by atoms with Crippen LogP contribution >= 0.6 is 15.9 Å². The molecule has 4 N–H and O–H groups in total. The summed E-state index contributed by atoms with van der Waals surface area (Å²) in [5.41, 5.74) is 9.55. The molecule has 2 aromatic rings. The Labute approximate surface area is 209 Å². The van der Waals surface area contributed by atoms with Crippen LogP contribution in [0.3, 0.4) is 0 Å². The number of halogens is 1. The summed E-state index contributed by atoms with van der Waals surface area (Å²) >= 11 is 3.58. The Morgan fingerprint density at radius 2 is 1.88 bits per heavy atom. The molecule has 0 fully saturated rings. The van der Waals surface area contributed by atoms with E-state index in [1.165, 1.54) is 0 Å². The number of carbonyl (C=O) groups is 2. The van der Waals surface area contributed by atoms with E-state index in [0.29, 0.717) is 18.7 Å². The Morgan fingerprint density at radius 1 is 1.21 bits per heavy atom. The second kappa shape index (κ2) is 12.8. The zero-order valence-corrected chi connectivity index (χ0v) is 21.6. The molecule has 0 bridgehead atoms. The minimum Gasteiger partial charge on any atom is -0.466 e. The molecule has 0 aliphatic heterocycles. The zero-order valence-electron chi connectivity index (χ0n) is 20.0. The lowest BCUT2D eigenvalue weighted by Crippen LogP contribution is -2.37. The van der Waals surface area contributed by atoms with Crippen molar-refractivity contribution in [3.63, 3.8) is 0 Å². The number of rotatable bonds is 9. The van der Waals surface area contributed by atoms with Gasteiger partial charge in [-0.3, -0.25) is 15.0 Å². The van der Waals surface area contributed by atoms with E-state index in [4.69, 9.17) is 15.9 Å². The smallest absolute Gasteiger partial charge is 0.306 e. The van der Waals surface area contributed by atoms with Gasteiger partial charge in [0, 0.05) is 39.4 Å². The fourth-order valence-corrected chi connectivity index (χ4v) is 3.77. The van der Waals surface area contributed by atoms with Crippen molar-refractivity contribution in [2.24, 2.45) is 5.73 Å². The van der Waals surface area contributed by atoms with Crippen LogP contribution in [0.25, 0.3) is 0 Å². The van der Waals surface area contributed by atoms with E-state index in [0.717, 1.165) is 27.0 Å². The quantitative estimate of drug-likeness (QED) is 0.191. The number of ether oxygens (including phenoxy) is 1. The first kappa shape index (κ1) is 26.9. The van der Waals surface area contributed by atoms with Crippen molar-refractivity contribution in [3.05, 3.63) is 57.6 Å². The van der Waals surface area contributed by atoms with E-state index >= 15 is 0 Å². The van der Waals surface area contributed by atoms with E-state index in [2.05, 4.69) is 33.1 Å². The topological polar surface area (TPSA) is 109 Å². The average Bonchev–Trinajstić information content (AvgIpc) is 2.78. The van der Waals surface area contributed by atoms with E-state index < -0.39 is 0 Å². The molecule has 1 amide bonds. The van der Waals surface area contributed by atoms with Gasteiger partial charge in [-0.05, 0) is 85.6 Å². The summed E-state index contributed by atoms with van der Waals surface area (Å²) in [5.74, 6) is 5.80. The predicted molar refractivity (Wildman–Crippen MR) is 140 cm³/mol. The molecule has 0 saturated carbocycles. The maximum atomic E-state index is 12.9. The number of aryl methyl sites for hydroxylation is 1. The summed E-state index contributed by atoms with van der Waals surface area (Å²) in [6, 6.07) is 11.0. The van der Waals surface area contributed by atoms with Crippen molar-refractivity contribution in [1.82, 2.24) is 0 Å². The molecule has 0 aliphatic rings. The number of hydrogen-bond acceptors (Lipinski definition) is 5. The van der Waals surface area contributed by atoms with Crippen molar-refractivity contribution >= 4 is 45.0 Å². The Balaban J connectivity index is 2.11. The van der Waals surface area contributed by atoms with E-state index in [1.807, 2.05) is 45.0 Å². The van der Waals surface area contributed by atoms with Crippen LogP contribution in [0.1, 0.15) is 50.3 Å². The van der Waals surface area contributed by atoms with Crippen LogP contribution in [0.2, 0.25) is 0 Å². The summed E-state index contributed by atoms with van der Waals surface area (Å²) in [6.45, 7) is 8.31. The van der Waals surface area contributed by atoms with E-state index in [1.54, 1.807) is 24.0 Å². The van der Waals surface area contributed by atoms with Gasteiger partial charge in [-0.25, -0.2) is 0 Å². The Bertz CT molecular complexity index is 1100. The third-order valence-corrected chi connectivity index (χ3v) is 5.63. The van der Waals surface area contributed by atoms with Gasteiger partial charge in [-0.2, -0.15) is 0 Å². The number of nitrogens with two attached hydrogens (primary N) is 1. The number of nitrogens with one attached hydrogen (secondary N) is 2. The number of hydrogen-bond donors (Lipinski definition) is 3. The number of nitrogen functional groups attached to an aromatic ring is 1. The maximum absolute atomic E-state index is 12.9. The van der Waals surface area contributed by atoms with Gasteiger partial charge < -0.3 is 20.7 Å². The van der Waals surface area contributed by atoms with E-state index in [-0.39, 0.29) is 36.6 Å². The van der Waals surface area contributed by atoms with Gasteiger partial charge in [0.05, 0.1) is 19.6 Å². The molecule has 0 aliphatic carbocycles. The van der Waals surface area contributed by atoms with Gasteiger partial charge in [-0.15, -0.1) is 0 Å². The summed E-state index contributed by atoms with van der Waals surface area (Å²) in [5, 5.41) is 10.7. The molecule has 0 aromatic heterocycles. The molecule has 0 unspecified atom stereocenters. The first-order chi connectivity index (χ1) is 16.1. The van der Waals surface area contributed by atoms with Crippen LogP contribution in [-0.4, -0.2) is 36.9 Å².